The van der Waals surface area contributed by atoms with Crippen LogP contribution in [0.25, 0.3) is 0 Å². The summed E-state index contributed by atoms with van der Waals surface area (Å²) in [5.41, 5.74) is 2.19. The lowest BCUT2D eigenvalue weighted by atomic mass is 10.0. The molecule has 0 aromatic heterocycles. The molecule has 0 aliphatic carbocycles. The predicted molar refractivity (Wildman–Crippen MR) is 96.8 cm³/mol. The Morgan fingerprint density at radius 1 is 1.00 bits per heavy atom. The highest BCUT2D eigenvalue weighted by molar-refractivity contribution is 6.30. The third-order valence-corrected chi connectivity index (χ3v) is 4.76. The number of anilines is 1. The molecule has 1 atom stereocenters. The van der Waals surface area contributed by atoms with Gasteiger partial charge in [-0.1, -0.05) is 41.9 Å². The van der Waals surface area contributed by atoms with Gasteiger partial charge in [-0.2, -0.15) is 0 Å². The number of nitrogens with zero attached hydrogens (tertiary/aromatic N) is 2. The summed E-state index contributed by atoms with van der Waals surface area (Å²) in [6.45, 7) is 3.18. The van der Waals surface area contributed by atoms with Gasteiger partial charge in [0.1, 0.15) is 6.04 Å². The Morgan fingerprint density at radius 2 is 1.62 bits per heavy atom. The van der Waals surface area contributed by atoms with Crippen LogP contribution < -0.4 is 4.90 Å². The molecule has 3 rings (SSSR count). The third-order valence-electron chi connectivity index (χ3n) is 4.50. The number of para-hydroxylation sites is 1. The topological polar surface area (TPSA) is 43.8 Å². The van der Waals surface area contributed by atoms with Crippen molar-refractivity contribution >= 4 is 23.3 Å². The van der Waals surface area contributed by atoms with E-state index in [1.165, 1.54) is 5.69 Å². The number of piperazine rings is 1. The molecule has 2 aromatic carbocycles. The van der Waals surface area contributed by atoms with Crippen LogP contribution in [0.15, 0.2) is 54.6 Å². The van der Waals surface area contributed by atoms with E-state index in [4.69, 9.17) is 11.6 Å². The smallest absolute Gasteiger partial charge is 0.321 e. The van der Waals surface area contributed by atoms with E-state index in [0.717, 1.165) is 31.7 Å². The molecular weight excluding hydrogens is 324 g/mol. The van der Waals surface area contributed by atoms with Crippen LogP contribution in [-0.2, 0) is 11.2 Å². The van der Waals surface area contributed by atoms with E-state index in [9.17, 15) is 9.90 Å². The Kier molecular flexibility index (Phi) is 5.38. The molecular formula is C19H21ClN2O2. The molecule has 1 fully saturated rings. The molecule has 0 amide bonds. The first kappa shape index (κ1) is 16.8. The van der Waals surface area contributed by atoms with E-state index in [1.54, 1.807) is 0 Å². The van der Waals surface area contributed by atoms with Crippen molar-refractivity contribution in [3.8, 4) is 0 Å². The quantitative estimate of drug-likeness (QED) is 0.905. The van der Waals surface area contributed by atoms with Gasteiger partial charge in [0, 0.05) is 36.9 Å². The molecule has 0 saturated carbocycles. The van der Waals surface area contributed by atoms with Crippen molar-refractivity contribution in [3.63, 3.8) is 0 Å². The first-order chi connectivity index (χ1) is 11.6. The van der Waals surface area contributed by atoms with Gasteiger partial charge in [0.15, 0.2) is 0 Å². The van der Waals surface area contributed by atoms with Crippen molar-refractivity contribution in [2.45, 2.75) is 12.5 Å². The zero-order chi connectivity index (χ0) is 16.9. The first-order valence-electron chi connectivity index (χ1n) is 8.15. The van der Waals surface area contributed by atoms with E-state index in [1.807, 2.05) is 42.5 Å². The van der Waals surface area contributed by atoms with Crippen LogP contribution in [0.1, 0.15) is 5.56 Å². The number of aliphatic carboxylic acids is 1. The van der Waals surface area contributed by atoms with Gasteiger partial charge in [0.2, 0.25) is 0 Å². The molecule has 1 saturated heterocycles. The van der Waals surface area contributed by atoms with Crippen molar-refractivity contribution in [1.82, 2.24) is 4.90 Å². The maximum absolute atomic E-state index is 11.7. The van der Waals surface area contributed by atoms with Crippen LogP contribution in [0.4, 0.5) is 5.69 Å². The molecule has 1 unspecified atom stereocenters. The second kappa shape index (κ2) is 7.69. The third kappa shape index (κ3) is 4.08. The number of carbonyl (C=O) groups is 1. The second-order valence-corrected chi connectivity index (χ2v) is 6.48. The summed E-state index contributed by atoms with van der Waals surface area (Å²) in [6.07, 6.45) is 0.498. The predicted octanol–water partition coefficient (Wildman–Crippen LogP) is 3.16. The van der Waals surface area contributed by atoms with Crippen molar-refractivity contribution < 1.29 is 9.90 Å². The number of halogens is 1. The number of carboxylic acids is 1. The number of benzene rings is 2. The summed E-state index contributed by atoms with van der Waals surface area (Å²) in [4.78, 5) is 16.1. The van der Waals surface area contributed by atoms with E-state index >= 15 is 0 Å². The van der Waals surface area contributed by atoms with Crippen LogP contribution in [0.5, 0.6) is 0 Å². The molecule has 0 spiro atoms. The number of hydrogen-bond donors (Lipinski definition) is 1. The maximum Gasteiger partial charge on any atom is 0.321 e. The second-order valence-electron chi connectivity index (χ2n) is 6.04. The van der Waals surface area contributed by atoms with Gasteiger partial charge in [-0.3, -0.25) is 9.69 Å². The van der Waals surface area contributed by atoms with Gasteiger partial charge in [0.25, 0.3) is 0 Å². The van der Waals surface area contributed by atoms with Crippen LogP contribution in [0.3, 0.4) is 0 Å². The standard InChI is InChI=1S/C19H21ClN2O2/c20-16-8-6-15(7-9-16)14-18(19(23)24)22-12-10-21(11-13-22)17-4-2-1-3-5-17/h1-9,18H,10-14H2,(H,23,24). The van der Waals surface area contributed by atoms with Crippen molar-refractivity contribution in [1.29, 1.82) is 0 Å². The fourth-order valence-corrected chi connectivity index (χ4v) is 3.27. The number of hydrogen-bond acceptors (Lipinski definition) is 3. The summed E-state index contributed by atoms with van der Waals surface area (Å²) in [5.74, 6) is -0.766. The highest BCUT2D eigenvalue weighted by Gasteiger charge is 2.29. The minimum Gasteiger partial charge on any atom is -0.480 e. The van der Waals surface area contributed by atoms with Crippen molar-refractivity contribution in [3.05, 3.63) is 65.2 Å². The Balaban J connectivity index is 1.63. The SMILES string of the molecule is O=C(O)C(Cc1ccc(Cl)cc1)N1CCN(c2ccccc2)CC1. The molecule has 24 heavy (non-hydrogen) atoms. The normalized spacial score (nSPS) is 16.8. The molecule has 2 aromatic rings. The van der Waals surface area contributed by atoms with Crippen LogP contribution >= 0.6 is 11.6 Å². The lowest BCUT2D eigenvalue weighted by Crippen LogP contribution is -2.53. The fraction of sp³-hybridized carbons (Fsp3) is 0.316. The van der Waals surface area contributed by atoms with Crippen LogP contribution in [-0.4, -0.2) is 48.2 Å². The van der Waals surface area contributed by atoms with Crippen molar-refractivity contribution in [2.24, 2.45) is 0 Å². The summed E-state index contributed by atoms with van der Waals surface area (Å²) in [6, 6.07) is 17.2. The molecule has 1 N–H and O–H groups in total. The van der Waals surface area contributed by atoms with Gasteiger partial charge in [0.05, 0.1) is 0 Å². The van der Waals surface area contributed by atoms with Gasteiger partial charge in [-0.25, -0.2) is 0 Å². The molecule has 1 aliphatic heterocycles. The summed E-state index contributed by atoms with van der Waals surface area (Å²) >= 11 is 5.90. The maximum atomic E-state index is 11.7. The minimum absolute atomic E-state index is 0.496. The van der Waals surface area contributed by atoms with Gasteiger partial charge in [-0.05, 0) is 36.2 Å². The molecule has 0 bridgehead atoms. The molecule has 4 nitrogen and oxygen atoms in total. The summed E-state index contributed by atoms with van der Waals surface area (Å²) in [7, 11) is 0. The summed E-state index contributed by atoms with van der Waals surface area (Å²) in [5, 5.41) is 10.3. The van der Waals surface area contributed by atoms with E-state index in [-0.39, 0.29) is 0 Å². The highest BCUT2D eigenvalue weighted by atomic mass is 35.5. The molecule has 5 heteroatoms. The molecule has 1 aliphatic rings. The van der Waals surface area contributed by atoms with Gasteiger partial charge < -0.3 is 10.0 Å². The van der Waals surface area contributed by atoms with E-state index in [0.29, 0.717) is 11.4 Å². The number of carboxylic acid groups (broad SMARTS) is 1. The Bertz CT molecular complexity index is 668. The minimum atomic E-state index is -0.766. The van der Waals surface area contributed by atoms with Crippen LogP contribution in [0.2, 0.25) is 5.02 Å². The molecule has 1 heterocycles. The lowest BCUT2D eigenvalue weighted by Gasteiger charge is -2.38. The van der Waals surface area contributed by atoms with Gasteiger partial charge in [-0.15, -0.1) is 0 Å². The largest absolute Gasteiger partial charge is 0.480 e. The Labute approximate surface area is 147 Å². The number of rotatable bonds is 5. The Morgan fingerprint density at radius 3 is 2.21 bits per heavy atom. The molecule has 126 valence electrons. The first-order valence-corrected chi connectivity index (χ1v) is 8.52. The summed E-state index contributed by atoms with van der Waals surface area (Å²) < 4.78 is 0. The van der Waals surface area contributed by atoms with Crippen molar-refractivity contribution in [2.75, 3.05) is 31.1 Å². The lowest BCUT2D eigenvalue weighted by molar-refractivity contribution is -0.143. The van der Waals surface area contributed by atoms with E-state index < -0.39 is 12.0 Å². The van der Waals surface area contributed by atoms with Gasteiger partial charge >= 0.3 is 5.97 Å². The zero-order valence-corrected chi connectivity index (χ0v) is 14.2. The van der Waals surface area contributed by atoms with Crippen LogP contribution in [0, 0.1) is 0 Å². The highest BCUT2D eigenvalue weighted by Crippen LogP contribution is 2.19. The molecule has 0 radical (unpaired) electrons. The van der Waals surface area contributed by atoms with E-state index in [2.05, 4.69) is 21.9 Å². The Hall–Kier alpha value is -2.04. The monoisotopic (exact) mass is 344 g/mol. The average Bonchev–Trinajstić information content (AvgIpc) is 2.62. The fourth-order valence-electron chi connectivity index (χ4n) is 3.15. The average molecular weight is 345 g/mol. The zero-order valence-electron chi connectivity index (χ0n) is 13.4.